The average molecular weight is 232 g/mol. The van der Waals surface area contributed by atoms with Gasteiger partial charge < -0.3 is 5.32 Å². The van der Waals surface area contributed by atoms with Crippen LogP contribution in [0, 0.1) is 19.8 Å². The van der Waals surface area contributed by atoms with E-state index in [0.717, 1.165) is 12.5 Å². The van der Waals surface area contributed by atoms with Gasteiger partial charge in [-0.05, 0) is 64.5 Å². The highest BCUT2D eigenvalue weighted by molar-refractivity contribution is 5.34. The van der Waals surface area contributed by atoms with Crippen molar-refractivity contribution in [1.29, 1.82) is 0 Å². The minimum atomic E-state index is 0.586. The van der Waals surface area contributed by atoms with Crippen LogP contribution >= 0.6 is 0 Å². The van der Waals surface area contributed by atoms with E-state index in [1.165, 1.54) is 29.7 Å². The molecule has 1 aromatic rings. The van der Waals surface area contributed by atoms with Gasteiger partial charge in [-0.2, -0.15) is 0 Å². The zero-order valence-corrected chi connectivity index (χ0v) is 11.5. The Balaban J connectivity index is 2.32. The third kappa shape index (κ3) is 2.53. The summed E-state index contributed by atoms with van der Waals surface area (Å²) in [7, 11) is 4.31. The highest BCUT2D eigenvalue weighted by atomic mass is 15.2. The zero-order valence-electron chi connectivity index (χ0n) is 11.5. The Bertz CT molecular complexity index is 385. The highest BCUT2D eigenvalue weighted by Crippen LogP contribution is 2.37. The van der Waals surface area contributed by atoms with Crippen molar-refractivity contribution in [2.24, 2.45) is 5.92 Å². The Hall–Kier alpha value is -0.860. The van der Waals surface area contributed by atoms with Crippen LogP contribution in [0.25, 0.3) is 0 Å². The molecule has 1 aliphatic rings. The molecule has 0 radical (unpaired) electrons. The van der Waals surface area contributed by atoms with E-state index in [1.54, 1.807) is 0 Å². The molecule has 2 nitrogen and oxygen atoms in total. The fraction of sp³-hybridized carbons (Fsp3) is 0.600. The second kappa shape index (κ2) is 5.19. The van der Waals surface area contributed by atoms with Gasteiger partial charge in [0.15, 0.2) is 0 Å². The molecule has 0 amide bonds. The molecule has 2 unspecified atom stereocenters. The van der Waals surface area contributed by atoms with Crippen molar-refractivity contribution in [3.63, 3.8) is 0 Å². The van der Waals surface area contributed by atoms with E-state index in [0.29, 0.717) is 6.04 Å². The lowest BCUT2D eigenvalue weighted by atomic mass is 9.90. The molecule has 0 spiro atoms. The normalized spacial score (nSPS) is 25.4. The van der Waals surface area contributed by atoms with E-state index in [4.69, 9.17) is 0 Å². The third-order valence-electron chi connectivity index (χ3n) is 3.99. The van der Waals surface area contributed by atoms with Crippen LogP contribution in [-0.2, 0) is 0 Å². The molecule has 0 bridgehead atoms. The maximum atomic E-state index is 3.34. The second-order valence-electron chi connectivity index (χ2n) is 5.39. The summed E-state index contributed by atoms with van der Waals surface area (Å²) in [5.41, 5.74) is 4.31. The molecular formula is C15H24N2. The van der Waals surface area contributed by atoms with E-state index < -0.39 is 0 Å². The van der Waals surface area contributed by atoms with Crippen molar-refractivity contribution in [2.45, 2.75) is 26.3 Å². The molecule has 1 saturated heterocycles. The van der Waals surface area contributed by atoms with Crippen molar-refractivity contribution < 1.29 is 0 Å². The van der Waals surface area contributed by atoms with E-state index in [9.17, 15) is 0 Å². The number of nitrogens with zero attached hydrogens (tertiary/aromatic N) is 1. The van der Waals surface area contributed by atoms with Gasteiger partial charge in [-0.3, -0.25) is 4.90 Å². The quantitative estimate of drug-likeness (QED) is 0.861. The van der Waals surface area contributed by atoms with Crippen LogP contribution < -0.4 is 5.32 Å². The van der Waals surface area contributed by atoms with Gasteiger partial charge in [0.05, 0.1) is 0 Å². The predicted molar refractivity (Wildman–Crippen MR) is 73.3 cm³/mol. The number of likely N-dealkylation sites (tertiary alicyclic amines) is 1. The zero-order chi connectivity index (χ0) is 12.4. The van der Waals surface area contributed by atoms with Gasteiger partial charge >= 0.3 is 0 Å². The largest absolute Gasteiger partial charge is 0.319 e. The molecule has 17 heavy (non-hydrogen) atoms. The highest BCUT2D eigenvalue weighted by Gasteiger charge is 2.33. The van der Waals surface area contributed by atoms with Crippen LogP contribution in [0.2, 0.25) is 0 Å². The predicted octanol–water partition coefficient (Wildman–Crippen LogP) is 2.52. The van der Waals surface area contributed by atoms with Gasteiger partial charge in [-0.1, -0.05) is 23.8 Å². The minimum Gasteiger partial charge on any atom is -0.319 e. The molecule has 1 heterocycles. The number of rotatable bonds is 3. The summed E-state index contributed by atoms with van der Waals surface area (Å²) in [6.45, 7) is 6.75. The van der Waals surface area contributed by atoms with Crippen molar-refractivity contribution in [3.8, 4) is 0 Å². The first kappa shape index (κ1) is 12.6. The maximum absolute atomic E-state index is 3.34. The van der Waals surface area contributed by atoms with Gasteiger partial charge in [-0.25, -0.2) is 0 Å². The topological polar surface area (TPSA) is 15.3 Å². The van der Waals surface area contributed by atoms with Gasteiger partial charge in [0, 0.05) is 6.04 Å². The number of hydrogen-bond donors (Lipinski definition) is 1. The summed E-state index contributed by atoms with van der Waals surface area (Å²) in [5, 5.41) is 3.34. The summed E-state index contributed by atoms with van der Waals surface area (Å²) in [6, 6.07) is 7.42. The molecule has 94 valence electrons. The van der Waals surface area contributed by atoms with Gasteiger partial charge in [0.25, 0.3) is 0 Å². The molecule has 2 rings (SSSR count). The lowest BCUT2D eigenvalue weighted by Gasteiger charge is -2.27. The van der Waals surface area contributed by atoms with Crippen LogP contribution in [-0.4, -0.2) is 32.1 Å². The Morgan fingerprint density at radius 2 is 2.12 bits per heavy atom. The van der Waals surface area contributed by atoms with Crippen molar-refractivity contribution in [3.05, 3.63) is 34.9 Å². The number of nitrogens with one attached hydrogen (secondary N) is 1. The fourth-order valence-electron chi connectivity index (χ4n) is 3.07. The minimum absolute atomic E-state index is 0.586. The molecule has 2 heteroatoms. The molecular weight excluding hydrogens is 208 g/mol. The van der Waals surface area contributed by atoms with E-state index in [1.807, 2.05) is 0 Å². The van der Waals surface area contributed by atoms with Crippen LogP contribution in [0.1, 0.15) is 29.2 Å². The summed E-state index contributed by atoms with van der Waals surface area (Å²) in [4.78, 5) is 2.50. The first-order valence-electron chi connectivity index (χ1n) is 6.55. The SMILES string of the molecule is CNCC1CCN(C)C1c1cc(C)ccc1C. The van der Waals surface area contributed by atoms with Gasteiger partial charge in [-0.15, -0.1) is 0 Å². The Kier molecular flexibility index (Phi) is 3.85. The summed E-state index contributed by atoms with van der Waals surface area (Å²) < 4.78 is 0. The number of aryl methyl sites for hydroxylation is 2. The smallest absolute Gasteiger partial charge is 0.0388 e. The third-order valence-corrected chi connectivity index (χ3v) is 3.99. The van der Waals surface area contributed by atoms with Crippen LogP contribution in [0.3, 0.4) is 0 Å². The Morgan fingerprint density at radius 1 is 1.35 bits per heavy atom. The molecule has 0 aromatic heterocycles. The summed E-state index contributed by atoms with van der Waals surface area (Å²) in [6.07, 6.45) is 1.30. The van der Waals surface area contributed by atoms with E-state index >= 15 is 0 Å². The molecule has 1 N–H and O–H groups in total. The number of hydrogen-bond acceptors (Lipinski definition) is 2. The average Bonchev–Trinajstić information content (AvgIpc) is 2.64. The summed E-state index contributed by atoms with van der Waals surface area (Å²) in [5.74, 6) is 0.741. The Labute approximate surface area is 105 Å². The van der Waals surface area contributed by atoms with Crippen LogP contribution in [0.5, 0.6) is 0 Å². The van der Waals surface area contributed by atoms with E-state index in [-0.39, 0.29) is 0 Å². The second-order valence-corrected chi connectivity index (χ2v) is 5.39. The summed E-state index contributed by atoms with van der Waals surface area (Å²) >= 11 is 0. The molecule has 2 atom stereocenters. The molecule has 0 aliphatic carbocycles. The molecule has 1 fully saturated rings. The van der Waals surface area contributed by atoms with Crippen molar-refractivity contribution in [1.82, 2.24) is 10.2 Å². The Morgan fingerprint density at radius 3 is 2.82 bits per heavy atom. The standard InChI is InChI=1S/C15H24N2/c1-11-5-6-12(2)14(9-11)15-13(10-16-3)7-8-17(15)4/h5-6,9,13,15-16H,7-8,10H2,1-4H3. The monoisotopic (exact) mass is 232 g/mol. The van der Waals surface area contributed by atoms with Gasteiger partial charge in [0.1, 0.15) is 0 Å². The lowest BCUT2D eigenvalue weighted by Crippen LogP contribution is -2.27. The molecule has 0 saturated carbocycles. The van der Waals surface area contributed by atoms with Crippen LogP contribution in [0.15, 0.2) is 18.2 Å². The first-order valence-corrected chi connectivity index (χ1v) is 6.55. The van der Waals surface area contributed by atoms with E-state index in [2.05, 4.69) is 56.4 Å². The van der Waals surface area contributed by atoms with Crippen LogP contribution in [0.4, 0.5) is 0 Å². The van der Waals surface area contributed by atoms with Gasteiger partial charge in [0.2, 0.25) is 0 Å². The number of benzene rings is 1. The maximum Gasteiger partial charge on any atom is 0.0388 e. The molecule has 1 aliphatic heterocycles. The fourth-order valence-corrected chi connectivity index (χ4v) is 3.07. The molecule has 1 aromatic carbocycles. The first-order chi connectivity index (χ1) is 8.13. The lowest BCUT2D eigenvalue weighted by molar-refractivity contribution is 0.273. The van der Waals surface area contributed by atoms with Crippen molar-refractivity contribution in [2.75, 3.05) is 27.2 Å². The van der Waals surface area contributed by atoms with Crippen molar-refractivity contribution >= 4 is 0 Å².